The molecule has 1 aliphatic carbocycles. The molecule has 112 valence electrons. The zero-order chi connectivity index (χ0) is 14.4. The Morgan fingerprint density at radius 2 is 2.15 bits per heavy atom. The van der Waals surface area contributed by atoms with Gasteiger partial charge in [-0.2, -0.15) is 0 Å². The van der Waals surface area contributed by atoms with E-state index in [0.717, 1.165) is 5.56 Å². The summed E-state index contributed by atoms with van der Waals surface area (Å²) in [5.74, 6) is 6.33. The number of rotatable bonds is 6. The Balaban J connectivity index is 2.22. The summed E-state index contributed by atoms with van der Waals surface area (Å²) >= 11 is 0. The molecule has 1 heterocycles. The minimum Gasteiger partial charge on any atom is -0.398 e. The van der Waals surface area contributed by atoms with E-state index in [1.54, 1.807) is 12.4 Å². The molecule has 5 heteroatoms. The third-order valence-corrected chi connectivity index (χ3v) is 4.20. The molecule has 0 spiro atoms. The molecule has 0 radical (unpaired) electrons. The third kappa shape index (κ3) is 3.48. The molecule has 2 unspecified atom stereocenters. The fraction of sp³-hybridized carbons (Fsp3) is 0.667. The first-order valence-electron chi connectivity index (χ1n) is 7.55. The van der Waals surface area contributed by atoms with E-state index in [1.165, 1.54) is 32.1 Å². The van der Waals surface area contributed by atoms with Crippen molar-refractivity contribution < 1.29 is 4.74 Å². The lowest BCUT2D eigenvalue weighted by Crippen LogP contribution is -2.43. The Kier molecular flexibility index (Phi) is 5.76. The average Bonchev–Trinajstić information content (AvgIpc) is 2.50. The van der Waals surface area contributed by atoms with Crippen LogP contribution in [0.1, 0.15) is 50.6 Å². The summed E-state index contributed by atoms with van der Waals surface area (Å²) in [6.45, 7) is 2.70. The van der Waals surface area contributed by atoms with Gasteiger partial charge in [-0.05, 0) is 31.7 Å². The van der Waals surface area contributed by atoms with Crippen LogP contribution in [0.15, 0.2) is 18.5 Å². The topological polar surface area (TPSA) is 86.2 Å². The van der Waals surface area contributed by atoms with E-state index in [2.05, 4.69) is 10.4 Å². The summed E-state index contributed by atoms with van der Waals surface area (Å²) < 4.78 is 6.02. The number of nitrogens with two attached hydrogens (primary N) is 2. The zero-order valence-electron chi connectivity index (χ0n) is 12.2. The second-order valence-corrected chi connectivity index (χ2v) is 5.47. The number of aromatic nitrogens is 1. The SMILES string of the molecule is CCOC(C1CCCCC1)C(NN)c1cnccc1N. The number of nitrogen functional groups attached to an aromatic ring is 1. The molecule has 1 aromatic heterocycles. The van der Waals surface area contributed by atoms with E-state index < -0.39 is 0 Å². The quantitative estimate of drug-likeness (QED) is 0.548. The van der Waals surface area contributed by atoms with Gasteiger partial charge in [-0.25, -0.2) is 0 Å². The summed E-state index contributed by atoms with van der Waals surface area (Å²) in [7, 11) is 0. The molecule has 0 saturated heterocycles. The molecule has 0 bridgehead atoms. The van der Waals surface area contributed by atoms with E-state index in [4.69, 9.17) is 16.3 Å². The van der Waals surface area contributed by atoms with E-state index in [0.29, 0.717) is 18.2 Å². The summed E-state index contributed by atoms with van der Waals surface area (Å²) in [5, 5.41) is 0. The van der Waals surface area contributed by atoms with Crippen LogP contribution in [-0.2, 0) is 4.74 Å². The van der Waals surface area contributed by atoms with Gasteiger partial charge in [0.15, 0.2) is 0 Å². The first kappa shape index (κ1) is 15.2. The molecule has 1 aliphatic rings. The molecule has 2 atom stereocenters. The Labute approximate surface area is 121 Å². The van der Waals surface area contributed by atoms with Gasteiger partial charge >= 0.3 is 0 Å². The fourth-order valence-electron chi connectivity index (χ4n) is 3.20. The van der Waals surface area contributed by atoms with Gasteiger partial charge in [0.05, 0.1) is 12.1 Å². The van der Waals surface area contributed by atoms with Crippen molar-refractivity contribution in [2.24, 2.45) is 11.8 Å². The average molecular weight is 278 g/mol. The number of hydrogen-bond acceptors (Lipinski definition) is 5. The van der Waals surface area contributed by atoms with Crippen LogP contribution in [0.4, 0.5) is 5.69 Å². The Morgan fingerprint density at radius 1 is 1.40 bits per heavy atom. The van der Waals surface area contributed by atoms with Crippen LogP contribution >= 0.6 is 0 Å². The molecule has 0 amide bonds. The van der Waals surface area contributed by atoms with Crippen molar-refractivity contribution in [1.29, 1.82) is 0 Å². The lowest BCUT2D eigenvalue weighted by Gasteiger charge is -2.35. The third-order valence-electron chi connectivity index (χ3n) is 4.20. The maximum Gasteiger partial charge on any atom is 0.0811 e. The normalized spacial score (nSPS) is 19.7. The van der Waals surface area contributed by atoms with Gasteiger partial charge in [0, 0.05) is 30.3 Å². The largest absolute Gasteiger partial charge is 0.398 e. The number of nitrogens with zero attached hydrogens (tertiary/aromatic N) is 1. The van der Waals surface area contributed by atoms with Crippen LogP contribution in [0.5, 0.6) is 0 Å². The predicted molar refractivity (Wildman–Crippen MR) is 80.7 cm³/mol. The zero-order valence-corrected chi connectivity index (χ0v) is 12.2. The molecule has 1 aromatic rings. The van der Waals surface area contributed by atoms with Crippen molar-refractivity contribution in [3.05, 3.63) is 24.0 Å². The Hall–Kier alpha value is -1.17. The molecule has 1 fully saturated rings. The van der Waals surface area contributed by atoms with Crippen molar-refractivity contribution in [3.63, 3.8) is 0 Å². The van der Waals surface area contributed by atoms with E-state index >= 15 is 0 Å². The van der Waals surface area contributed by atoms with Gasteiger partial charge in [-0.1, -0.05) is 19.3 Å². The molecular weight excluding hydrogens is 252 g/mol. The Morgan fingerprint density at radius 3 is 2.75 bits per heavy atom. The highest BCUT2D eigenvalue weighted by Gasteiger charge is 2.32. The lowest BCUT2D eigenvalue weighted by molar-refractivity contribution is -0.0183. The van der Waals surface area contributed by atoms with Gasteiger partial charge in [0.1, 0.15) is 0 Å². The van der Waals surface area contributed by atoms with Crippen LogP contribution in [0.25, 0.3) is 0 Å². The van der Waals surface area contributed by atoms with Crippen molar-refractivity contribution in [2.45, 2.75) is 51.2 Å². The van der Waals surface area contributed by atoms with Gasteiger partial charge in [-0.3, -0.25) is 16.3 Å². The highest BCUT2D eigenvalue weighted by Crippen LogP contribution is 2.35. The minimum atomic E-state index is -0.105. The molecular formula is C15H26N4O. The lowest BCUT2D eigenvalue weighted by atomic mass is 9.81. The van der Waals surface area contributed by atoms with Gasteiger partial charge in [-0.15, -0.1) is 0 Å². The van der Waals surface area contributed by atoms with Crippen LogP contribution in [-0.4, -0.2) is 17.7 Å². The van der Waals surface area contributed by atoms with Gasteiger partial charge < -0.3 is 10.5 Å². The number of hydrazine groups is 1. The molecule has 5 N–H and O–H groups in total. The molecule has 1 saturated carbocycles. The predicted octanol–water partition coefficient (Wildman–Crippen LogP) is 2.15. The van der Waals surface area contributed by atoms with Crippen molar-refractivity contribution in [2.75, 3.05) is 12.3 Å². The number of nitrogens with one attached hydrogen (secondary N) is 1. The molecule has 0 aliphatic heterocycles. The number of anilines is 1. The molecule has 0 aromatic carbocycles. The number of ether oxygens (including phenoxy) is 1. The van der Waals surface area contributed by atoms with Crippen LogP contribution < -0.4 is 17.0 Å². The van der Waals surface area contributed by atoms with Crippen molar-refractivity contribution >= 4 is 5.69 Å². The summed E-state index contributed by atoms with van der Waals surface area (Å²) in [6, 6.07) is 1.70. The number of pyridine rings is 1. The van der Waals surface area contributed by atoms with Crippen molar-refractivity contribution in [3.8, 4) is 0 Å². The minimum absolute atomic E-state index is 0.0526. The maximum atomic E-state index is 6.07. The molecule has 2 rings (SSSR count). The van der Waals surface area contributed by atoms with Crippen LogP contribution in [0.3, 0.4) is 0 Å². The van der Waals surface area contributed by atoms with Gasteiger partial charge in [0.2, 0.25) is 0 Å². The summed E-state index contributed by atoms with van der Waals surface area (Å²) in [6.07, 6.45) is 9.80. The summed E-state index contributed by atoms with van der Waals surface area (Å²) in [5.41, 5.74) is 10.6. The number of hydrogen-bond donors (Lipinski definition) is 3. The fourth-order valence-corrected chi connectivity index (χ4v) is 3.20. The standard InChI is InChI=1S/C15H26N4O/c1-2-20-15(11-6-4-3-5-7-11)14(19-17)12-10-18-9-8-13(12)16/h8-11,14-15,19H,2-7,17H2,1H3,(H2,16,18). The smallest absolute Gasteiger partial charge is 0.0811 e. The van der Waals surface area contributed by atoms with Crippen LogP contribution in [0, 0.1) is 5.92 Å². The van der Waals surface area contributed by atoms with Crippen molar-refractivity contribution in [1.82, 2.24) is 10.4 Å². The second kappa shape index (κ2) is 7.57. The van der Waals surface area contributed by atoms with E-state index in [9.17, 15) is 0 Å². The Bertz CT molecular complexity index is 407. The highest BCUT2D eigenvalue weighted by molar-refractivity contribution is 5.46. The van der Waals surface area contributed by atoms with Gasteiger partial charge in [0.25, 0.3) is 0 Å². The van der Waals surface area contributed by atoms with E-state index in [-0.39, 0.29) is 12.1 Å². The second-order valence-electron chi connectivity index (χ2n) is 5.47. The first-order valence-corrected chi connectivity index (χ1v) is 7.55. The molecule has 5 nitrogen and oxygen atoms in total. The monoisotopic (exact) mass is 278 g/mol. The summed E-state index contributed by atoms with van der Waals surface area (Å²) in [4.78, 5) is 4.17. The van der Waals surface area contributed by atoms with Crippen LogP contribution in [0.2, 0.25) is 0 Å². The maximum absolute atomic E-state index is 6.07. The highest BCUT2D eigenvalue weighted by atomic mass is 16.5. The first-order chi connectivity index (χ1) is 9.77. The molecule has 20 heavy (non-hydrogen) atoms. The van der Waals surface area contributed by atoms with E-state index in [1.807, 2.05) is 13.0 Å².